The Kier molecular flexibility index (Phi) is 16.6. The summed E-state index contributed by atoms with van der Waals surface area (Å²) in [7, 11) is 4.97. The second-order valence-corrected chi connectivity index (χ2v) is 38.4. The van der Waals surface area contributed by atoms with Gasteiger partial charge in [0.2, 0.25) is 0 Å². The van der Waals surface area contributed by atoms with Crippen molar-refractivity contribution in [3.63, 3.8) is 0 Å². The number of rotatable bonds is 9. The normalized spacial score (nSPS) is 15.2. The van der Waals surface area contributed by atoms with Crippen molar-refractivity contribution >= 4 is 92.6 Å². The molecule has 0 heterocycles. The number of hydrogen-bond donors (Lipinski definition) is 0. The summed E-state index contributed by atoms with van der Waals surface area (Å²) in [5.41, 5.74) is 0.0524. The minimum absolute atomic E-state index is 0.0175. The van der Waals surface area contributed by atoms with Crippen molar-refractivity contribution in [1.29, 1.82) is 0 Å². The summed E-state index contributed by atoms with van der Waals surface area (Å²) < 4.78 is 20.4. The molecule has 3 atom stereocenters. The fourth-order valence-corrected chi connectivity index (χ4v) is 38.2. The third-order valence-corrected chi connectivity index (χ3v) is 34.4. The molecule has 0 aliphatic rings. The molecule has 3 unspecified atom stereocenters. The molecule has 0 aliphatic heterocycles. The fourth-order valence-electron chi connectivity index (χ4n) is 3.36. The van der Waals surface area contributed by atoms with E-state index >= 15 is 0 Å². The van der Waals surface area contributed by atoms with Gasteiger partial charge in [-0.2, -0.15) is 0 Å². The Balaban J connectivity index is 5.48. The molecule has 0 aromatic heterocycles. The van der Waals surface area contributed by atoms with Crippen molar-refractivity contribution in [3.8, 4) is 0 Å². The van der Waals surface area contributed by atoms with E-state index in [-0.39, 0.29) is 34.6 Å². The molecule has 3 nitrogen and oxygen atoms in total. The molecule has 0 spiro atoms. The average Bonchev–Trinajstić information content (AvgIpc) is 2.65. The Morgan fingerprint density at radius 3 is 0.912 bits per heavy atom. The van der Waals surface area contributed by atoms with Gasteiger partial charge in [-0.15, -0.1) is 0 Å². The fraction of sp³-hybridized carbons (Fsp3) is 0.875. The van der Waals surface area contributed by atoms with Gasteiger partial charge < -0.3 is 0 Å². The maximum atomic E-state index is 6.22. The zero-order valence-corrected chi connectivity index (χ0v) is 31.3. The number of hydrogen-bond acceptors (Lipinski definition) is 9. The van der Waals surface area contributed by atoms with E-state index in [1.54, 1.807) is 25.8 Å². The van der Waals surface area contributed by atoms with E-state index in [1.165, 1.54) is 0 Å². The average molecular weight is 689 g/mol. The van der Waals surface area contributed by atoms with Crippen LogP contribution in [-0.2, 0) is 14.2 Å². The molecule has 0 saturated carbocycles. The predicted molar refractivity (Wildman–Crippen MR) is 170 cm³/mol. The van der Waals surface area contributed by atoms with Crippen LogP contribution in [-0.4, -0.2) is 48.5 Å². The summed E-state index contributed by atoms with van der Waals surface area (Å²) in [4.78, 5) is 0. The summed E-state index contributed by atoms with van der Waals surface area (Å²) in [5.74, 6) is 0. The quantitative estimate of drug-likeness (QED) is 0.220. The first-order chi connectivity index (χ1) is 15.3. The summed E-state index contributed by atoms with van der Waals surface area (Å²) in [6.45, 7) is 26.0. The van der Waals surface area contributed by atoms with Crippen LogP contribution in [0.5, 0.6) is 0 Å². The van der Waals surface area contributed by atoms with Crippen molar-refractivity contribution in [1.82, 2.24) is 0 Å². The van der Waals surface area contributed by atoms with Gasteiger partial charge in [0, 0.05) is 0 Å². The van der Waals surface area contributed by atoms with Gasteiger partial charge in [-0.05, 0) is 0 Å². The van der Waals surface area contributed by atoms with E-state index < -0.39 is 17.1 Å². The van der Waals surface area contributed by atoms with Gasteiger partial charge in [0.15, 0.2) is 0 Å². The molecule has 0 rings (SSSR count). The molecular formula is C24H45InO3S6. The van der Waals surface area contributed by atoms with Gasteiger partial charge in [-0.3, -0.25) is 0 Å². The molecule has 0 fully saturated rings. The van der Waals surface area contributed by atoms with Crippen molar-refractivity contribution in [2.45, 2.75) is 121 Å². The Hall–Kier alpha value is 1.59. The van der Waals surface area contributed by atoms with Gasteiger partial charge in [-0.25, -0.2) is 0 Å². The first-order valence-electron chi connectivity index (χ1n) is 12.0. The van der Waals surface area contributed by atoms with E-state index in [0.29, 0.717) is 13.1 Å². The van der Waals surface area contributed by atoms with Crippen LogP contribution in [0.3, 0.4) is 0 Å². The number of ether oxygens (including phenoxy) is 3. The van der Waals surface area contributed by atoms with Gasteiger partial charge >= 0.3 is 244 Å². The molecule has 0 N–H and O–H groups in total. The predicted octanol–water partition coefficient (Wildman–Crippen LogP) is 9.55. The molecule has 10 heteroatoms. The molecule has 0 bridgehead atoms. The topological polar surface area (TPSA) is 27.7 Å². The molecule has 0 aliphatic carbocycles. The van der Waals surface area contributed by atoms with E-state index in [0.717, 1.165) is 19.3 Å². The SMILES string of the molecule is CCC(OC(=S)[S][In]([S]C(=S)OC(CC)C(C)(C)C)[S]C(=S)OC(CC)C(C)(C)C)C(C)(C)C. The second kappa shape index (κ2) is 15.9. The molecule has 0 radical (unpaired) electrons. The van der Waals surface area contributed by atoms with Gasteiger partial charge in [0.25, 0.3) is 0 Å². The van der Waals surface area contributed by atoms with Crippen LogP contribution in [0.1, 0.15) is 102 Å². The van der Waals surface area contributed by atoms with Crippen LogP contribution >= 0.6 is 62.4 Å². The maximum absolute atomic E-state index is 6.22. The molecule has 0 aromatic rings. The van der Waals surface area contributed by atoms with Crippen LogP contribution in [0.15, 0.2) is 0 Å². The molecule has 34 heavy (non-hydrogen) atoms. The summed E-state index contributed by atoms with van der Waals surface area (Å²) in [6, 6.07) is 0. The monoisotopic (exact) mass is 688 g/mol. The minimum atomic E-state index is -2.68. The van der Waals surface area contributed by atoms with Gasteiger partial charge in [0.1, 0.15) is 0 Å². The van der Waals surface area contributed by atoms with Crippen molar-refractivity contribution in [2.75, 3.05) is 0 Å². The zero-order valence-electron chi connectivity index (χ0n) is 23.1. The zero-order chi connectivity index (χ0) is 26.9. The van der Waals surface area contributed by atoms with E-state index in [2.05, 4.69) is 83.1 Å². The Morgan fingerprint density at radius 2 is 0.765 bits per heavy atom. The Morgan fingerprint density at radius 1 is 0.559 bits per heavy atom. The Bertz CT molecular complexity index is 577. The van der Waals surface area contributed by atoms with Crippen LogP contribution in [0, 0.1) is 16.2 Å². The van der Waals surface area contributed by atoms with Crippen LogP contribution < -0.4 is 0 Å². The number of thiocarbonyl (C=S) groups is 3. The molecule has 0 amide bonds. The third kappa shape index (κ3) is 14.5. The van der Waals surface area contributed by atoms with Crippen LogP contribution in [0.25, 0.3) is 0 Å². The first-order valence-corrected chi connectivity index (χ1v) is 27.9. The van der Waals surface area contributed by atoms with E-state index in [1.807, 2.05) is 0 Å². The third-order valence-electron chi connectivity index (χ3n) is 5.30. The van der Waals surface area contributed by atoms with Gasteiger partial charge in [0.05, 0.1) is 0 Å². The summed E-state index contributed by atoms with van der Waals surface area (Å²) in [5, 5.41) is 0. The van der Waals surface area contributed by atoms with Crippen LogP contribution in [0.2, 0.25) is 0 Å². The molecule has 0 saturated heterocycles. The van der Waals surface area contributed by atoms with E-state index in [4.69, 9.17) is 50.9 Å². The summed E-state index contributed by atoms with van der Waals surface area (Å²) in [6.07, 6.45) is 2.91. The van der Waals surface area contributed by atoms with Crippen molar-refractivity contribution in [2.24, 2.45) is 16.2 Å². The van der Waals surface area contributed by atoms with Crippen molar-refractivity contribution in [3.05, 3.63) is 0 Å². The van der Waals surface area contributed by atoms with Crippen molar-refractivity contribution < 1.29 is 14.2 Å². The Labute approximate surface area is 241 Å². The first kappa shape index (κ1) is 35.6. The standard InChI is InChI=1S/3C8H16OS2.In/c3*1-5-6(8(2,3)4)9-7(10)11;/h3*6H,5H2,1-4H3,(H,10,11);/q;;;+3/p-3. The van der Waals surface area contributed by atoms with E-state index in [9.17, 15) is 0 Å². The summed E-state index contributed by atoms with van der Waals surface area (Å²) >= 11 is 14.4. The molecule has 198 valence electrons. The van der Waals surface area contributed by atoms with Gasteiger partial charge in [-0.1, -0.05) is 0 Å². The molecule has 0 aromatic carbocycles. The molecular weight excluding hydrogens is 643 g/mol. The van der Waals surface area contributed by atoms with Crippen LogP contribution in [0.4, 0.5) is 0 Å². The second-order valence-electron chi connectivity index (χ2n) is 11.5.